The maximum absolute atomic E-state index is 5.61. The Balaban J connectivity index is 2.29. The molecule has 1 aromatic carbocycles. The van der Waals surface area contributed by atoms with Gasteiger partial charge in [0, 0.05) is 17.9 Å². The molecule has 0 saturated carbocycles. The second-order valence-corrected chi connectivity index (χ2v) is 4.01. The summed E-state index contributed by atoms with van der Waals surface area (Å²) in [5.41, 5.74) is 1.95. The van der Waals surface area contributed by atoms with Crippen LogP contribution in [0.4, 0.5) is 0 Å². The van der Waals surface area contributed by atoms with Crippen LogP contribution in [0.5, 0.6) is 5.75 Å². The van der Waals surface area contributed by atoms with Crippen molar-refractivity contribution in [1.82, 2.24) is 10.1 Å². The van der Waals surface area contributed by atoms with Gasteiger partial charge in [0.15, 0.2) is 0 Å². The van der Waals surface area contributed by atoms with Gasteiger partial charge in [-0.15, -0.1) is 11.6 Å². The summed E-state index contributed by atoms with van der Waals surface area (Å²) in [6.07, 6.45) is 0.587. The Morgan fingerprint density at radius 3 is 2.88 bits per heavy atom. The fraction of sp³-hybridized carbons (Fsp3) is 0.333. The van der Waals surface area contributed by atoms with E-state index >= 15 is 0 Å². The highest BCUT2D eigenvalue weighted by atomic mass is 35.5. The van der Waals surface area contributed by atoms with Crippen molar-refractivity contribution in [3.8, 4) is 17.1 Å². The van der Waals surface area contributed by atoms with Gasteiger partial charge in [0.1, 0.15) is 5.75 Å². The molecule has 0 atom stereocenters. The summed E-state index contributed by atoms with van der Waals surface area (Å²) in [5, 5.41) is 3.92. The van der Waals surface area contributed by atoms with Crippen molar-refractivity contribution in [1.29, 1.82) is 0 Å². The lowest BCUT2D eigenvalue weighted by Gasteiger charge is -2.04. The zero-order valence-corrected chi connectivity index (χ0v) is 10.5. The standard InChI is InChI=1S/C12H13ClN2O2/c1-8-7-9(3-4-10(8)16-2)12-14-11(5-6-13)17-15-12/h3-4,7H,5-6H2,1-2H3. The first kappa shape index (κ1) is 11.9. The van der Waals surface area contributed by atoms with Gasteiger partial charge in [-0.3, -0.25) is 0 Å². The van der Waals surface area contributed by atoms with Crippen molar-refractivity contribution in [2.75, 3.05) is 13.0 Å². The molecule has 4 nitrogen and oxygen atoms in total. The molecule has 0 aliphatic carbocycles. The average molecular weight is 253 g/mol. The first-order valence-corrected chi connectivity index (χ1v) is 5.81. The maximum Gasteiger partial charge on any atom is 0.228 e. The van der Waals surface area contributed by atoms with Crippen molar-refractivity contribution in [3.05, 3.63) is 29.7 Å². The third-order valence-corrected chi connectivity index (χ3v) is 2.62. The van der Waals surface area contributed by atoms with Gasteiger partial charge in [-0.25, -0.2) is 0 Å². The summed E-state index contributed by atoms with van der Waals surface area (Å²) >= 11 is 5.61. The van der Waals surface area contributed by atoms with E-state index in [9.17, 15) is 0 Å². The van der Waals surface area contributed by atoms with Gasteiger partial charge < -0.3 is 9.26 Å². The number of rotatable bonds is 4. The summed E-state index contributed by atoms with van der Waals surface area (Å²) in [5.74, 6) is 2.46. The molecule has 0 aliphatic rings. The van der Waals surface area contributed by atoms with Crippen molar-refractivity contribution in [2.24, 2.45) is 0 Å². The van der Waals surface area contributed by atoms with E-state index in [1.54, 1.807) is 7.11 Å². The minimum Gasteiger partial charge on any atom is -0.496 e. The Hall–Kier alpha value is -1.55. The van der Waals surface area contributed by atoms with Crippen molar-refractivity contribution in [3.63, 3.8) is 0 Å². The largest absolute Gasteiger partial charge is 0.496 e. The molecule has 2 aromatic rings. The molecule has 0 aliphatic heterocycles. The monoisotopic (exact) mass is 252 g/mol. The molecule has 0 unspecified atom stereocenters. The minimum absolute atomic E-state index is 0.475. The average Bonchev–Trinajstić information content (AvgIpc) is 2.78. The van der Waals surface area contributed by atoms with Gasteiger partial charge in [0.2, 0.25) is 11.7 Å². The lowest BCUT2D eigenvalue weighted by Crippen LogP contribution is -1.89. The van der Waals surface area contributed by atoms with E-state index in [2.05, 4.69) is 10.1 Å². The molecule has 0 fully saturated rings. The topological polar surface area (TPSA) is 48.2 Å². The number of aromatic nitrogens is 2. The summed E-state index contributed by atoms with van der Waals surface area (Å²) < 4.78 is 10.3. The van der Waals surface area contributed by atoms with E-state index in [0.717, 1.165) is 16.9 Å². The first-order chi connectivity index (χ1) is 8.24. The van der Waals surface area contributed by atoms with Crippen LogP contribution in [-0.4, -0.2) is 23.1 Å². The number of nitrogens with zero attached hydrogens (tertiary/aromatic N) is 2. The molecule has 0 spiro atoms. The Labute approximate surface area is 105 Å². The molecule has 0 bridgehead atoms. The Bertz CT molecular complexity index is 511. The van der Waals surface area contributed by atoms with Crippen LogP contribution in [0.15, 0.2) is 22.7 Å². The molecular weight excluding hydrogens is 240 g/mol. The Morgan fingerprint density at radius 2 is 2.24 bits per heavy atom. The van der Waals surface area contributed by atoms with Crippen molar-refractivity contribution >= 4 is 11.6 Å². The molecule has 0 amide bonds. The van der Waals surface area contributed by atoms with Gasteiger partial charge >= 0.3 is 0 Å². The smallest absolute Gasteiger partial charge is 0.228 e. The van der Waals surface area contributed by atoms with Crippen molar-refractivity contribution < 1.29 is 9.26 Å². The highest BCUT2D eigenvalue weighted by Crippen LogP contribution is 2.24. The lowest BCUT2D eigenvalue weighted by atomic mass is 10.1. The highest BCUT2D eigenvalue weighted by molar-refractivity contribution is 6.17. The molecule has 17 heavy (non-hydrogen) atoms. The number of benzene rings is 1. The summed E-state index contributed by atoms with van der Waals surface area (Å²) in [7, 11) is 1.65. The molecule has 90 valence electrons. The molecule has 0 N–H and O–H groups in total. The summed E-state index contributed by atoms with van der Waals surface area (Å²) in [6.45, 7) is 1.97. The van der Waals surface area contributed by atoms with Gasteiger partial charge in [-0.05, 0) is 30.7 Å². The zero-order valence-electron chi connectivity index (χ0n) is 9.74. The molecule has 2 rings (SSSR count). The predicted octanol–water partition coefficient (Wildman–Crippen LogP) is 2.83. The van der Waals surface area contributed by atoms with Crippen LogP contribution in [0.2, 0.25) is 0 Å². The fourth-order valence-corrected chi connectivity index (χ4v) is 1.73. The van der Waals surface area contributed by atoms with E-state index in [0.29, 0.717) is 24.0 Å². The van der Waals surface area contributed by atoms with E-state index < -0.39 is 0 Å². The predicted molar refractivity (Wildman–Crippen MR) is 65.4 cm³/mol. The first-order valence-electron chi connectivity index (χ1n) is 5.28. The summed E-state index contributed by atoms with van der Waals surface area (Å²) in [4.78, 5) is 4.26. The number of methoxy groups -OCH3 is 1. The Kier molecular flexibility index (Phi) is 3.64. The SMILES string of the molecule is COc1ccc(-c2noc(CCCl)n2)cc1C. The van der Waals surface area contributed by atoms with Gasteiger partial charge in [0.05, 0.1) is 7.11 Å². The second kappa shape index (κ2) is 5.19. The minimum atomic E-state index is 0.475. The maximum atomic E-state index is 5.61. The molecule has 5 heteroatoms. The number of ether oxygens (including phenoxy) is 1. The third-order valence-electron chi connectivity index (χ3n) is 2.43. The van der Waals surface area contributed by atoms with E-state index in [4.69, 9.17) is 20.9 Å². The summed E-state index contributed by atoms with van der Waals surface area (Å²) in [6, 6.07) is 5.76. The number of halogens is 1. The van der Waals surface area contributed by atoms with Crippen LogP contribution in [-0.2, 0) is 6.42 Å². The molecular formula is C12H13ClN2O2. The molecule has 0 saturated heterocycles. The number of hydrogen-bond acceptors (Lipinski definition) is 4. The normalized spacial score (nSPS) is 10.5. The van der Waals surface area contributed by atoms with E-state index in [-0.39, 0.29) is 0 Å². The van der Waals surface area contributed by atoms with Crippen molar-refractivity contribution in [2.45, 2.75) is 13.3 Å². The quantitative estimate of drug-likeness (QED) is 0.785. The molecule has 1 aromatic heterocycles. The van der Waals surface area contributed by atoms with Crippen LogP contribution in [0.25, 0.3) is 11.4 Å². The number of hydrogen-bond donors (Lipinski definition) is 0. The zero-order chi connectivity index (χ0) is 12.3. The van der Waals surface area contributed by atoms with Crippen LogP contribution >= 0.6 is 11.6 Å². The lowest BCUT2D eigenvalue weighted by molar-refractivity contribution is 0.383. The fourth-order valence-electron chi connectivity index (χ4n) is 1.57. The number of aryl methyl sites for hydroxylation is 2. The van der Waals surface area contributed by atoms with Gasteiger partial charge in [0.25, 0.3) is 0 Å². The third kappa shape index (κ3) is 2.58. The Morgan fingerprint density at radius 1 is 1.41 bits per heavy atom. The van der Waals surface area contributed by atoms with Gasteiger partial charge in [-0.1, -0.05) is 5.16 Å². The molecule has 1 heterocycles. The molecule has 0 radical (unpaired) electrons. The van der Waals surface area contributed by atoms with E-state index in [1.165, 1.54) is 0 Å². The van der Waals surface area contributed by atoms with Crippen LogP contribution in [0, 0.1) is 6.92 Å². The van der Waals surface area contributed by atoms with Gasteiger partial charge in [-0.2, -0.15) is 4.98 Å². The highest BCUT2D eigenvalue weighted by Gasteiger charge is 2.09. The second-order valence-electron chi connectivity index (χ2n) is 3.64. The van der Waals surface area contributed by atoms with Crippen LogP contribution < -0.4 is 4.74 Å². The van der Waals surface area contributed by atoms with E-state index in [1.807, 2.05) is 25.1 Å². The number of alkyl halides is 1. The van der Waals surface area contributed by atoms with Crippen LogP contribution in [0.3, 0.4) is 0 Å². The van der Waals surface area contributed by atoms with Crippen LogP contribution in [0.1, 0.15) is 11.5 Å².